The number of fused-ring (bicyclic) bond motifs is 1. The Bertz CT molecular complexity index is 769. The molecule has 0 bridgehead atoms. The molecular weight excluding hydrogens is 310 g/mol. The summed E-state index contributed by atoms with van der Waals surface area (Å²) in [4.78, 5) is 14.9. The number of thiophene rings is 1. The molecule has 0 aliphatic heterocycles. The Morgan fingerprint density at radius 3 is 2.90 bits per heavy atom. The van der Waals surface area contributed by atoms with E-state index in [1.54, 1.807) is 18.3 Å². The zero-order chi connectivity index (χ0) is 14.8. The second-order valence-electron chi connectivity index (χ2n) is 4.54. The molecule has 0 atom stereocenters. The Morgan fingerprint density at radius 1 is 1.33 bits per heavy atom. The first-order valence-corrected chi connectivity index (χ1v) is 7.84. The number of aromatic nitrogens is 4. The molecule has 0 radical (unpaired) electrons. The highest BCUT2D eigenvalue weighted by Crippen LogP contribution is 2.30. The Hall–Kier alpha value is -1.73. The molecule has 6 nitrogen and oxygen atoms in total. The van der Waals surface area contributed by atoms with E-state index in [2.05, 4.69) is 38.4 Å². The van der Waals surface area contributed by atoms with Crippen molar-refractivity contribution in [1.82, 2.24) is 20.1 Å². The molecule has 1 N–H and O–H groups in total. The summed E-state index contributed by atoms with van der Waals surface area (Å²) in [6, 6.07) is 2.11. The van der Waals surface area contributed by atoms with Crippen LogP contribution < -0.4 is 5.32 Å². The summed E-state index contributed by atoms with van der Waals surface area (Å²) in [5, 5.41) is 8.28. The zero-order valence-electron chi connectivity index (χ0n) is 11.7. The van der Waals surface area contributed by atoms with Gasteiger partial charge in [-0.05, 0) is 31.0 Å². The van der Waals surface area contributed by atoms with Crippen LogP contribution in [-0.4, -0.2) is 26.7 Å². The molecule has 110 valence electrons. The van der Waals surface area contributed by atoms with Crippen LogP contribution in [0.4, 0.5) is 5.82 Å². The molecule has 0 saturated carbocycles. The largest absolute Gasteiger partial charge is 0.369 e. The average Bonchev–Trinajstić information content (AvgIpc) is 3.04. The molecule has 3 aromatic rings. The van der Waals surface area contributed by atoms with Gasteiger partial charge in [-0.2, -0.15) is 4.98 Å². The Kier molecular flexibility index (Phi) is 4.03. The molecular formula is C13H14ClN5OS. The molecule has 0 aliphatic rings. The molecule has 21 heavy (non-hydrogen) atoms. The summed E-state index contributed by atoms with van der Waals surface area (Å²) in [6.45, 7) is 4.55. The van der Waals surface area contributed by atoms with Crippen molar-refractivity contribution in [2.75, 3.05) is 11.9 Å². The minimum absolute atomic E-state index is 0.253. The predicted octanol–water partition coefficient (Wildman–Crippen LogP) is 3.25. The lowest BCUT2D eigenvalue weighted by Gasteiger charge is -2.05. The second-order valence-corrected chi connectivity index (χ2v) is 5.99. The summed E-state index contributed by atoms with van der Waals surface area (Å²) >= 11 is 7.62. The third kappa shape index (κ3) is 3.14. The van der Waals surface area contributed by atoms with Crippen molar-refractivity contribution in [3.63, 3.8) is 0 Å². The molecule has 0 aromatic carbocycles. The minimum atomic E-state index is 0.253. The van der Waals surface area contributed by atoms with Crippen LogP contribution in [-0.2, 0) is 12.8 Å². The van der Waals surface area contributed by atoms with Gasteiger partial charge in [0.05, 0.1) is 5.39 Å². The SMILES string of the molecule is CCc1cc2c(NCCc3nc(C)no3)nc(Cl)nc2s1. The lowest BCUT2D eigenvalue weighted by Crippen LogP contribution is -2.07. The van der Waals surface area contributed by atoms with Gasteiger partial charge in [-0.3, -0.25) is 0 Å². The van der Waals surface area contributed by atoms with Gasteiger partial charge in [0.25, 0.3) is 0 Å². The number of anilines is 1. The van der Waals surface area contributed by atoms with E-state index in [9.17, 15) is 0 Å². The highest BCUT2D eigenvalue weighted by Gasteiger charge is 2.11. The van der Waals surface area contributed by atoms with Crippen LogP contribution in [0.25, 0.3) is 10.2 Å². The summed E-state index contributed by atoms with van der Waals surface area (Å²) < 4.78 is 5.08. The first-order chi connectivity index (χ1) is 10.2. The number of hydrogen-bond acceptors (Lipinski definition) is 7. The molecule has 3 aromatic heterocycles. The fraction of sp³-hybridized carbons (Fsp3) is 0.385. The second kappa shape index (κ2) is 5.95. The van der Waals surface area contributed by atoms with Gasteiger partial charge < -0.3 is 9.84 Å². The topological polar surface area (TPSA) is 76.7 Å². The molecule has 0 saturated heterocycles. The molecule has 0 fully saturated rings. The monoisotopic (exact) mass is 323 g/mol. The van der Waals surface area contributed by atoms with Gasteiger partial charge in [-0.1, -0.05) is 12.1 Å². The number of nitrogens with one attached hydrogen (secondary N) is 1. The van der Waals surface area contributed by atoms with Gasteiger partial charge >= 0.3 is 0 Å². The summed E-state index contributed by atoms with van der Waals surface area (Å²) in [6.07, 6.45) is 1.61. The Morgan fingerprint density at radius 2 is 2.19 bits per heavy atom. The van der Waals surface area contributed by atoms with E-state index in [1.165, 1.54) is 4.88 Å². The first-order valence-electron chi connectivity index (χ1n) is 6.64. The Labute approximate surface area is 130 Å². The highest BCUT2D eigenvalue weighted by molar-refractivity contribution is 7.18. The highest BCUT2D eigenvalue weighted by atomic mass is 35.5. The fourth-order valence-corrected chi connectivity index (χ4v) is 3.17. The molecule has 0 unspecified atom stereocenters. The maximum Gasteiger partial charge on any atom is 0.228 e. The number of nitrogens with zero attached hydrogens (tertiary/aromatic N) is 4. The van der Waals surface area contributed by atoms with E-state index >= 15 is 0 Å². The van der Waals surface area contributed by atoms with E-state index in [0.717, 1.165) is 22.5 Å². The van der Waals surface area contributed by atoms with Gasteiger partial charge in [0.15, 0.2) is 5.82 Å². The van der Waals surface area contributed by atoms with E-state index in [0.29, 0.717) is 24.7 Å². The van der Waals surface area contributed by atoms with Crippen molar-refractivity contribution in [2.24, 2.45) is 0 Å². The number of hydrogen-bond donors (Lipinski definition) is 1. The van der Waals surface area contributed by atoms with Crippen LogP contribution in [0.2, 0.25) is 5.28 Å². The van der Waals surface area contributed by atoms with Crippen molar-refractivity contribution in [1.29, 1.82) is 0 Å². The molecule has 8 heteroatoms. The van der Waals surface area contributed by atoms with Crippen LogP contribution in [0.3, 0.4) is 0 Å². The van der Waals surface area contributed by atoms with E-state index in [-0.39, 0.29) is 5.28 Å². The molecule has 0 spiro atoms. The van der Waals surface area contributed by atoms with Gasteiger partial charge in [0.2, 0.25) is 11.2 Å². The quantitative estimate of drug-likeness (QED) is 0.726. The number of rotatable bonds is 5. The smallest absolute Gasteiger partial charge is 0.228 e. The third-order valence-corrected chi connectivity index (χ3v) is 4.31. The van der Waals surface area contributed by atoms with Crippen molar-refractivity contribution < 1.29 is 4.52 Å². The maximum atomic E-state index is 5.98. The predicted molar refractivity (Wildman–Crippen MR) is 83.0 cm³/mol. The lowest BCUT2D eigenvalue weighted by atomic mass is 10.3. The standard InChI is InChI=1S/C13H14ClN5OS/c1-3-8-6-9-11(17-13(14)18-12(9)21-8)15-5-4-10-16-7(2)19-20-10/h6H,3-5H2,1-2H3,(H,15,17,18). The van der Waals surface area contributed by atoms with Crippen molar-refractivity contribution >= 4 is 39.0 Å². The fourth-order valence-electron chi connectivity index (χ4n) is 1.98. The van der Waals surface area contributed by atoms with Crippen LogP contribution in [0.1, 0.15) is 23.5 Å². The summed E-state index contributed by atoms with van der Waals surface area (Å²) in [7, 11) is 0. The molecule has 0 amide bonds. The lowest BCUT2D eigenvalue weighted by molar-refractivity contribution is 0.377. The van der Waals surface area contributed by atoms with Gasteiger partial charge in [-0.25, -0.2) is 9.97 Å². The summed E-state index contributed by atoms with van der Waals surface area (Å²) in [5.41, 5.74) is 0. The first kappa shape index (κ1) is 14.2. The van der Waals surface area contributed by atoms with Gasteiger partial charge in [-0.15, -0.1) is 11.3 Å². The van der Waals surface area contributed by atoms with Crippen molar-refractivity contribution in [3.8, 4) is 0 Å². The van der Waals surface area contributed by atoms with Gasteiger partial charge in [0.1, 0.15) is 10.6 Å². The number of halogens is 1. The average molecular weight is 324 g/mol. The van der Waals surface area contributed by atoms with Crippen LogP contribution in [0.15, 0.2) is 10.6 Å². The molecule has 0 aliphatic carbocycles. The van der Waals surface area contributed by atoms with Crippen molar-refractivity contribution in [3.05, 3.63) is 27.9 Å². The van der Waals surface area contributed by atoms with E-state index in [1.807, 2.05) is 0 Å². The maximum absolute atomic E-state index is 5.98. The minimum Gasteiger partial charge on any atom is -0.369 e. The zero-order valence-corrected chi connectivity index (χ0v) is 13.3. The Balaban J connectivity index is 1.77. The third-order valence-electron chi connectivity index (χ3n) is 2.97. The van der Waals surface area contributed by atoms with Crippen LogP contribution >= 0.6 is 22.9 Å². The van der Waals surface area contributed by atoms with Gasteiger partial charge in [0, 0.05) is 17.8 Å². The van der Waals surface area contributed by atoms with E-state index < -0.39 is 0 Å². The molecule has 3 heterocycles. The van der Waals surface area contributed by atoms with Crippen LogP contribution in [0, 0.1) is 6.92 Å². The normalized spacial score (nSPS) is 11.2. The summed E-state index contributed by atoms with van der Waals surface area (Å²) in [5.74, 6) is 2.00. The van der Waals surface area contributed by atoms with Crippen molar-refractivity contribution in [2.45, 2.75) is 26.7 Å². The van der Waals surface area contributed by atoms with Crippen LogP contribution in [0.5, 0.6) is 0 Å². The van der Waals surface area contributed by atoms with E-state index in [4.69, 9.17) is 16.1 Å². The molecule has 3 rings (SSSR count). The number of aryl methyl sites for hydroxylation is 2.